The normalized spacial score (nSPS) is 14.3. The van der Waals surface area contributed by atoms with Crippen LogP contribution in [0.3, 0.4) is 0 Å². The average molecular weight is 599 g/mol. The molecule has 0 saturated carbocycles. The van der Waals surface area contributed by atoms with Crippen molar-refractivity contribution in [3.63, 3.8) is 0 Å². The molecule has 35 heavy (non-hydrogen) atoms. The summed E-state index contributed by atoms with van der Waals surface area (Å²) in [5.74, 6) is 0. The third-order valence-electron chi connectivity index (χ3n) is 3.41. The Bertz CT molecular complexity index is 600. The Morgan fingerprint density at radius 1 is 0.457 bits per heavy atom. The topological polar surface area (TPSA) is 64.6 Å². The van der Waals surface area contributed by atoms with Gasteiger partial charge in [0.2, 0.25) is 0 Å². The number of hydrogen-bond donors (Lipinski definition) is 0. The number of rotatable bonds is 18. The monoisotopic (exact) mass is 598 g/mol. The SMILES string of the molecule is C=C(C)COC[Si](O[Si](C)(C)C)(O[Si](C)(C)C)O[Si](COCC(=C)C)(O[Si](C)(C)C)O[Si](C)(C)C. The predicted octanol–water partition coefficient (Wildman–Crippen LogP) is 6.55. The summed E-state index contributed by atoms with van der Waals surface area (Å²) in [4.78, 5) is 0. The van der Waals surface area contributed by atoms with Gasteiger partial charge in [-0.2, -0.15) is 0 Å². The summed E-state index contributed by atoms with van der Waals surface area (Å²) >= 11 is 0. The maximum absolute atomic E-state index is 7.11. The van der Waals surface area contributed by atoms with Crippen LogP contribution >= 0.6 is 0 Å². The minimum Gasteiger partial charge on any atom is -0.416 e. The summed E-state index contributed by atoms with van der Waals surface area (Å²) in [6, 6.07) is 0. The Kier molecular flexibility index (Phi) is 13.7. The van der Waals surface area contributed by atoms with E-state index in [9.17, 15) is 0 Å². The minimum atomic E-state index is -3.43. The van der Waals surface area contributed by atoms with E-state index in [0.29, 0.717) is 13.2 Å². The molecule has 0 rings (SSSR count). The summed E-state index contributed by atoms with van der Waals surface area (Å²) in [5, 5.41) is 0. The van der Waals surface area contributed by atoms with Crippen molar-refractivity contribution in [2.45, 2.75) is 92.4 Å². The van der Waals surface area contributed by atoms with E-state index in [1.54, 1.807) is 0 Å². The van der Waals surface area contributed by atoms with Crippen LogP contribution in [0, 0.1) is 0 Å². The maximum Gasteiger partial charge on any atom is 0.499 e. The molecular formula is C22H54O7Si6. The predicted molar refractivity (Wildman–Crippen MR) is 162 cm³/mol. The fourth-order valence-electron chi connectivity index (χ4n) is 3.11. The lowest BCUT2D eigenvalue weighted by Gasteiger charge is -2.46. The van der Waals surface area contributed by atoms with Crippen molar-refractivity contribution >= 4 is 50.9 Å². The molecule has 7 nitrogen and oxygen atoms in total. The van der Waals surface area contributed by atoms with Gasteiger partial charge in [-0.05, 0) is 92.4 Å². The first-order chi connectivity index (χ1) is 15.4. The van der Waals surface area contributed by atoms with Gasteiger partial charge in [-0.3, -0.25) is 0 Å². The largest absolute Gasteiger partial charge is 0.499 e. The standard InChI is InChI=1S/C22H54O7Si6/c1-21(2)17-23-19-34(25-30(5,6)7,26-31(8,9)10)29-35(27-32(11,12)13,28-33(14,15)16)20-24-18-22(3)4/h1,3,17-20H2,2,4-16H3. The van der Waals surface area contributed by atoms with Crippen molar-refractivity contribution < 1.29 is 30.0 Å². The Morgan fingerprint density at radius 3 is 0.857 bits per heavy atom. The Hall–Kier alpha value is 0.501. The van der Waals surface area contributed by atoms with Gasteiger partial charge < -0.3 is 30.0 Å². The average Bonchev–Trinajstić information content (AvgIpc) is 2.46. The highest BCUT2D eigenvalue weighted by molar-refractivity contribution is 6.92. The first-order valence-corrected chi connectivity index (χ1v) is 29.8. The van der Waals surface area contributed by atoms with E-state index in [1.165, 1.54) is 0 Å². The van der Waals surface area contributed by atoms with Crippen molar-refractivity contribution in [1.82, 2.24) is 0 Å². The molecule has 0 aliphatic rings. The zero-order valence-electron chi connectivity index (χ0n) is 25.1. The number of hydrogen-bond acceptors (Lipinski definition) is 7. The van der Waals surface area contributed by atoms with Crippen LogP contribution in [-0.4, -0.2) is 76.6 Å². The molecular weight excluding hydrogens is 545 g/mol. The molecule has 0 heterocycles. The third-order valence-corrected chi connectivity index (χ3v) is 21.8. The van der Waals surface area contributed by atoms with Crippen LogP contribution in [0.25, 0.3) is 0 Å². The fraction of sp³-hybridized carbons (Fsp3) is 0.818. The van der Waals surface area contributed by atoms with Crippen molar-refractivity contribution in [1.29, 1.82) is 0 Å². The summed E-state index contributed by atoms with van der Waals surface area (Å²) in [5.41, 5.74) is 1.86. The van der Waals surface area contributed by atoms with Gasteiger partial charge in [0.15, 0.2) is 33.3 Å². The van der Waals surface area contributed by atoms with Gasteiger partial charge in [-0.1, -0.05) is 24.3 Å². The second kappa shape index (κ2) is 13.5. The van der Waals surface area contributed by atoms with Crippen LogP contribution in [0.1, 0.15) is 13.8 Å². The molecule has 208 valence electrons. The van der Waals surface area contributed by atoms with Gasteiger partial charge in [-0.15, -0.1) is 0 Å². The lowest BCUT2D eigenvalue weighted by molar-refractivity contribution is 0.0869. The van der Waals surface area contributed by atoms with Gasteiger partial charge in [0, 0.05) is 0 Å². The van der Waals surface area contributed by atoms with Crippen LogP contribution in [0.5, 0.6) is 0 Å². The first-order valence-electron chi connectivity index (χ1n) is 12.3. The smallest absolute Gasteiger partial charge is 0.416 e. The van der Waals surface area contributed by atoms with Gasteiger partial charge in [0.25, 0.3) is 0 Å². The van der Waals surface area contributed by atoms with E-state index >= 15 is 0 Å². The van der Waals surface area contributed by atoms with Crippen LogP contribution in [0.15, 0.2) is 24.3 Å². The molecule has 0 spiro atoms. The lowest BCUT2D eigenvalue weighted by atomic mass is 10.4. The molecule has 0 aromatic rings. The van der Waals surface area contributed by atoms with Crippen LogP contribution in [-0.2, 0) is 30.0 Å². The van der Waals surface area contributed by atoms with Crippen molar-refractivity contribution in [2.24, 2.45) is 0 Å². The molecule has 0 aliphatic carbocycles. The van der Waals surface area contributed by atoms with E-state index in [-0.39, 0.29) is 12.5 Å². The molecule has 0 amide bonds. The van der Waals surface area contributed by atoms with Crippen LogP contribution in [0.4, 0.5) is 0 Å². The molecule has 0 atom stereocenters. The molecule has 0 bridgehead atoms. The van der Waals surface area contributed by atoms with Crippen molar-refractivity contribution in [2.75, 3.05) is 25.7 Å². The summed E-state index contributed by atoms with van der Waals surface area (Å²) in [6.45, 7) is 38.4. The zero-order valence-corrected chi connectivity index (χ0v) is 31.1. The molecule has 0 radical (unpaired) electrons. The molecule has 0 aromatic heterocycles. The highest BCUT2D eigenvalue weighted by Crippen LogP contribution is 2.31. The quantitative estimate of drug-likeness (QED) is 0.131. The second-order valence-electron chi connectivity index (χ2n) is 13.2. The van der Waals surface area contributed by atoms with Crippen LogP contribution in [0.2, 0.25) is 78.6 Å². The second-order valence-corrected chi connectivity index (χ2v) is 37.5. The highest BCUT2D eigenvalue weighted by atomic mass is 28.5. The van der Waals surface area contributed by atoms with Gasteiger partial charge in [0.05, 0.1) is 13.2 Å². The fourth-order valence-corrected chi connectivity index (χ4v) is 25.3. The molecule has 0 unspecified atom stereocenters. The summed E-state index contributed by atoms with van der Waals surface area (Å²) < 4.78 is 46.7. The summed E-state index contributed by atoms with van der Waals surface area (Å²) in [6.07, 6.45) is 0.432. The minimum absolute atomic E-state index is 0.216. The molecule has 0 aromatic carbocycles. The molecule has 0 saturated heterocycles. The first kappa shape index (κ1) is 35.5. The zero-order chi connectivity index (χ0) is 27.9. The van der Waals surface area contributed by atoms with E-state index in [4.69, 9.17) is 30.0 Å². The van der Waals surface area contributed by atoms with Crippen LogP contribution < -0.4 is 0 Å². The molecule has 13 heteroatoms. The van der Waals surface area contributed by atoms with E-state index in [2.05, 4.69) is 91.7 Å². The lowest BCUT2D eigenvalue weighted by Crippen LogP contribution is -2.70. The van der Waals surface area contributed by atoms with E-state index in [1.807, 2.05) is 13.8 Å². The van der Waals surface area contributed by atoms with E-state index in [0.717, 1.165) is 11.1 Å². The highest BCUT2D eigenvalue weighted by Gasteiger charge is 2.59. The number of ether oxygens (including phenoxy) is 2. The third kappa shape index (κ3) is 18.4. The maximum atomic E-state index is 7.11. The Morgan fingerprint density at radius 2 is 0.686 bits per heavy atom. The van der Waals surface area contributed by atoms with Crippen molar-refractivity contribution in [3.05, 3.63) is 24.3 Å². The Balaban J connectivity index is 6.79. The molecule has 0 N–H and O–H groups in total. The molecule has 0 fully saturated rings. The Labute approximate surface area is 222 Å². The van der Waals surface area contributed by atoms with E-state index < -0.39 is 50.9 Å². The van der Waals surface area contributed by atoms with Gasteiger partial charge >= 0.3 is 17.6 Å². The molecule has 0 aliphatic heterocycles. The van der Waals surface area contributed by atoms with Crippen molar-refractivity contribution in [3.8, 4) is 0 Å². The summed E-state index contributed by atoms with van der Waals surface area (Å²) in [7, 11) is -15.4. The van der Waals surface area contributed by atoms with Gasteiger partial charge in [-0.25, -0.2) is 0 Å². The van der Waals surface area contributed by atoms with Gasteiger partial charge in [0.1, 0.15) is 12.5 Å².